The Morgan fingerprint density at radius 3 is 2.82 bits per heavy atom. The van der Waals surface area contributed by atoms with Crippen LogP contribution < -0.4 is 5.32 Å². The van der Waals surface area contributed by atoms with Gasteiger partial charge >= 0.3 is 0 Å². The molecule has 0 aromatic carbocycles. The second-order valence-corrected chi connectivity index (χ2v) is 6.92. The Hall–Kier alpha value is -2.61. The lowest BCUT2D eigenvalue weighted by molar-refractivity contribution is -0.759. The molecular weight excluding hydrogens is 376 g/mol. The van der Waals surface area contributed by atoms with E-state index in [1.807, 2.05) is 0 Å². The number of ether oxygens (including phenoxy) is 1. The Morgan fingerprint density at radius 2 is 2.11 bits per heavy atom. The van der Waals surface area contributed by atoms with E-state index in [1.54, 1.807) is 0 Å². The topological polar surface area (TPSA) is 178 Å². The van der Waals surface area contributed by atoms with E-state index in [1.165, 1.54) is 17.2 Å². The van der Waals surface area contributed by atoms with Crippen LogP contribution in [0.2, 0.25) is 0 Å². The lowest BCUT2D eigenvalue weighted by Crippen LogP contribution is -2.34. The van der Waals surface area contributed by atoms with Crippen molar-refractivity contribution in [2.45, 2.75) is 55.9 Å². The van der Waals surface area contributed by atoms with Crippen molar-refractivity contribution in [3.05, 3.63) is 22.8 Å². The third kappa shape index (κ3) is 3.44. The van der Waals surface area contributed by atoms with Gasteiger partial charge in [0.05, 0.1) is 12.4 Å². The normalized spacial score (nSPS) is 32.7. The molecule has 6 atom stereocenters. The average molecular weight is 396 g/mol. The van der Waals surface area contributed by atoms with Crippen molar-refractivity contribution >= 4 is 17.0 Å². The van der Waals surface area contributed by atoms with E-state index >= 15 is 0 Å². The average Bonchev–Trinajstić information content (AvgIpc) is 3.34. The van der Waals surface area contributed by atoms with E-state index < -0.39 is 36.2 Å². The molecular formula is C15H20N6O7. The van der Waals surface area contributed by atoms with E-state index in [-0.39, 0.29) is 12.1 Å². The summed E-state index contributed by atoms with van der Waals surface area (Å²) in [4.78, 5) is 27.3. The van der Waals surface area contributed by atoms with Crippen LogP contribution in [0.1, 0.15) is 25.5 Å². The van der Waals surface area contributed by atoms with Crippen molar-refractivity contribution in [2.24, 2.45) is 0 Å². The number of hydrogen-bond donors (Lipinski definition) is 4. The Bertz CT molecular complexity index is 863. The molecule has 13 nitrogen and oxygen atoms in total. The van der Waals surface area contributed by atoms with Crippen LogP contribution in [-0.2, 0) is 9.57 Å². The smallest absolute Gasteiger partial charge is 0.294 e. The fraction of sp³-hybridized carbons (Fsp3) is 0.667. The largest absolute Gasteiger partial charge is 0.393 e. The van der Waals surface area contributed by atoms with Gasteiger partial charge in [-0.25, -0.2) is 15.0 Å². The molecule has 0 bridgehead atoms. The number of nitrogens with one attached hydrogen (secondary N) is 1. The molecule has 1 saturated heterocycles. The first-order chi connectivity index (χ1) is 13.4. The van der Waals surface area contributed by atoms with Crippen molar-refractivity contribution in [2.75, 3.05) is 11.9 Å². The SMILES string of the molecule is O=[N+]([O-])OCC1OC(n2cnc3c(NC4CCC(O)C4)ncnc32)C(O)C1O. The summed E-state index contributed by atoms with van der Waals surface area (Å²) < 4.78 is 6.99. The van der Waals surface area contributed by atoms with Gasteiger partial charge in [0.15, 0.2) is 23.2 Å². The third-order valence-electron chi connectivity index (χ3n) is 5.06. The van der Waals surface area contributed by atoms with Gasteiger partial charge in [-0.15, -0.1) is 10.1 Å². The lowest BCUT2D eigenvalue weighted by atomic mass is 10.1. The number of aliphatic hydroxyl groups excluding tert-OH is 3. The molecule has 0 amide bonds. The number of rotatable bonds is 6. The number of hydrogen-bond acceptors (Lipinski definition) is 11. The van der Waals surface area contributed by atoms with Gasteiger partial charge < -0.3 is 30.2 Å². The van der Waals surface area contributed by atoms with Crippen LogP contribution in [0.25, 0.3) is 11.2 Å². The minimum absolute atomic E-state index is 0.0667. The van der Waals surface area contributed by atoms with Crippen LogP contribution in [-0.4, -0.2) is 77.0 Å². The molecule has 6 unspecified atom stereocenters. The summed E-state index contributed by atoms with van der Waals surface area (Å²) in [5.74, 6) is 0.490. The summed E-state index contributed by atoms with van der Waals surface area (Å²) >= 11 is 0. The zero-order chi connectivity index (χ0) is 19.8. The van der Waals surface area contributed by atoms with Crippen LogP contribution in [0, 0.1) is 10.1 Å². The summed E-state index contributed by atoms with van der Waals surface area (Å²) in [5.41, 5.74) is 0.808. The second kappa shape index (κ2) is 7.43. The molecule has 0 spiro atoms. The van der Waals surface area contributed by atoms with E-state index in [4.69, 9.17) is 4.74 Å². The predicted molar refractivity (Wildman–Crippen MR) is 91.5 cm³/mol. The molecule has 2 aliphatic rings. The predicted octanol–water partition coefficient (Wildman–Crippen LogP) is -1.02. The number of fused-ring (bicyclic) bond motifs is 1. The van der Waals surface area contributed by atoms with Crippen molar-refractivity contribution < 1.29 is 30.0 Å². The Labute approximate surface area is 158 Å². The minimum atomic E-state index is -1.37. The lowest BCUT2D eigenvalue weighted by Gasteiger charge is -2.17. The summed E-state index contributed by atoms with van der Waals surface area (Å²) in [6.07, 6.45) is -0.328. The van der Waals surface area contributed by atoms with E-state index in [2.05, 4.69) is 25.1 Å². The number of aliphatic hydroxyl groups is 3. The summed E-state index contributed by atoms with van der Waals surface area (Å²) in [6.45, 7) is -0.514. The van der Waals surface area contributed by atoms with Gasteiger partial charge in [-0.2, -0.15) is 0 Å². The molecule has 1 saturated carbocycles. The number of imidazole rings is 1. The zero-order valence-corrected chi connectivity index (χ0v) is 14.7. The highest BCUT2D eigenvalue weighted by Crippen LogP contribution is 2.33. The Kier molecular flexibility index (Phi) is 4.97. The fourth-order valence-electron chi connectivity index (χ4n) is 3.66. The molecule has 3 heterocycles. The van der Waals surface area contributed by atoms with Crippen LogP contribution in [0.5, 0.6) is 0 Å². The Balaban J connectivity index is 1.56. The van der Waals surface area contributed by atoms with Gasteiger partial charge in [0.25, 0.3) is 5.09 Å². The molecule has 13 heteroatoms. The maximum Gasteiger partial charge on any atom is 0.294 e. The van der Waals surface area contributed by atoms with Gasteiger partial charge in [0, 0.05) is 6.04 Å². The number of nitrogens with zero attached hydrogens (tertiary/aromatic N) is 5. The maximum atomic E-state index is 10.4. The number of anilines is 1. The summed E-state index contributed by atoms with van der Waals surface area (Å²) in [5, 5.41) is 42.7. The molecule has 2 aromatic rings. The summed E-state index contributed by atoms with van der Waals surface area (Å²) in [7, 11) is 0. The van der Waals surface area contributed by atoms with Crippen LogP contribution in [0.3, 0.4) is 0 Å². The van der Waals surface area contributed by atoms with Gasteiger partial charge in [0.2, 0.25) is 0 Å². The van der Waals surface area contributed by atoms with Crippen molar-refractivity contribution in [1.29, 1.82) is 0 Å². The van der Waals surface area contributed by atoms with Crippen LogP contribution in [0.4, 0.5) is 5.82 Å². The fourth-order valence-corrected chi connectivity index (χ4v) is 3.66. The second-order valence-electron chi connectivity index (χ2n) is 6.92. The maximum absolute atomic E-state index is 10.4. The quantitative estimate of drug-likeness (QED) is 0.347. The molecule has 0 radical (unpaired) electrons. The Morgan fingerprint density at radius 1 is 1.29 bits per heavy atom. The molecule has 1 aliphatic carbocycles. The van der Waals surface area contributed by atoms with Crippen LogP contribution >= 0.6 is 0 Å². The zero-order valence-electron chi connectivity index (χ0n) is 14.7. The van der Waals surface area contributed by atoms with E-state index in [0.717, 1.165) is 6.42 Å². The van der Waals surface area contributed by atoms with Gasteiger partial charge in [0.1, 0.15) is 31.2 Å². The molecule has 4 N–H and O–H groups in total. The van der Waals surface area contributed by atoms with Crippen molar-refractivity contribution in [3.63, 3.8) is 0 Å². The van der Waals surface area contributed by atoms with Crippen LogP contribution in [0.15, 0.2) is 12.7 Å². The van der Waals surface area contributed by atoms with E-state index in [9.17, 15) is 25.4 Å². The first kappa shape index (κ1) is 18.7. The molecule has 28 heavy (non-hydrogen) atoms. The standard InChI is InChI=1S/C15H20N6O7/c22-8-2-1-7(3-8)19-13-10-14(17-5-16-13)20(6-18-10)15-12(24)11(23)9(28-15)4-27-21(25)26/h5-9,11-12,15,22-24H,1-4H2,(H,16,17,19). The molecule has 1 aliphatic heterocycles. The third-order valence-corrected chi connectivity index (χ3v) is 5.06. The van der Waals surface area contributed by atoms with Gasteiger partial charge in [-0.05, 0) is 19.3 Å². The highest BCUT2D eigenvalue weighted by Gasteiger charge is 2.44. The van der Waals surface area contributed by atoms with Crippen molar-refractivity contribution in [3.8, 4) is 0 Å². The summed E-state index contributed by atoms with van der Waals surface area (Å²) in [6, 6.07) is 0.0667. The number of aromatic nitrogens is 4. The molecule has 2 fully saturated rings. The molecule has 4 rings (SSSR count). The molecule has 2 aromatic heterocycles. The van der Waals surface area contributed by atoms with Gasteiger partial charge in [-0.3, -0.25) is 4.57 Å². The highest BCUT2D eigenvalue weighted by atomic mass is 17.0. The first-order valence-corrected chi connectivity index (χ1v) is 8.85. The molecule has 152 valence electrons. The van der Waals surface area contributed by atoms with E-state index in [0.29, 0.717) is 29.8 Å². The highest BCUT2D eigenvalue weighted by molar-refractivity contribution is 5.82. The monoisotopic (exact) mass is 396 g/mol. The minimum Gasteiger partial charge on any atom is -0.393 e. The first-order valence-electron chi connectivity index (χ1n) is 8.85. The van der Waals surface area contributed by atoms with Gasteiger partial charge in [-0.1, -0.05) is 0 Å². The van der Waals surface area contributed by atoms with Crippen molar-refractivity contribution in [1.82, 2.24) is 19.5 Å².